The molecule has 0 radical (unpaired) electrons. The number of benzene rings is 1. The van der Waals surface area contributed by atoms with Gasteiger partial charge in [0.25, 0.3) is 0 Å². The van der Waals surface area contributed by atoms with E-state index in [9.17, 15) is 0 Å². The molecule has 0 unspecified atom stereocenters. The van der Waals surface area contributed by atoms with E-state index in [4.69, 9.17) is 4.98 Å². The normalized spacial score (nSPS) is 11.1. The molecule has 0 fully saturated rings. The maximum absolute atomic E-state index is 4.72. The van der Waals surface area contributed by atoms with Crippen LogP contribution in [0.25, 0.3) is 11.0 Å². The van der Waals surface area contributed by atoms with E-state index in [0.29, 0.717) is 0 Å². The maximum atomic E-state index is 4.72. The minimum Gasteiger partial charge on any atom is -0.322 e. The number of aryl methyl sites for hydroxylation is 1. The van der Waals surface area contributed by atoms with E-state index < -0.39 is 0 Å². The van der Waals surface area contributed by atoms with E-state index in [1.807, 2.05) is 6.20 Å². The van der Waals surface area contributed by atoms with Gasteiger partial charge in [0.1, 0.15) is 11.3 Å². The van der Waals surface area contributed by atoms with Crippen molar-refractivity contribution in [2.45, 2.75) is 32.7 Å². The summed E-state index contributed by atoms with van der Waals surface area (Å²) in [4.78, 5) is 4.72. The molecule has 0 spiro atoms. The molecule has 108 valence electrons. The largest absolute Gasteiger partial charge is 0.322 e. The molecule has 0 saturated carbocycles. The van der Waals surface area contributed by atoms with Crippen LogP contribution in [-0.2, 0) is 13.0 Å². The molecule has 3 aromatic rings. The number of fused-ring (bicyclic) bond motifs is 1. The van der Waals surface area contributed by atoms with Crippen LogP contribution in [0.2, 0.25) is 0 Å². The standard InChI is InChI=1S/C16H17IN4/c1-2-3-4-16-20-14-9-18-19-10-15(14)21(16)11-12-5-7-13(17)8-6-12/h5-10H,2-4,11H2,1H3. The highest BCUT2D eigenvalue weighted by Crippen LogP contribution is 2.18. The third-order valence-corrected chi connectivity index (χ3v) is 4.27. The molecule has 5 heteroatoms. The number of nitrogens with zero attached hydrogens (tertiary/aromatic N) is 4. The van der Waals surface area contributed by atoms with E-state index in [0.717, 1.165) is 36.2 Å². The lowest BCUT2D eigenvalue weighted by molar-refractivity contribution is 0.689. The number of aromatic nitrogens is 4. The molecule has 0 N–H and O–H groups in total. The molecule has 0 atom stereocenters. The Morgan fingerprint density at radius 3 is 2.62 bits per heavy atom. The van der Waals surface area contributed by atoms with Gasteiger partial charge in [-0.15, -0.1) is 0 Å². The number of rotatable bonds is 5. The van der Waals surface area contributed by atoms with Gasteiger partial charge in [0.15, 0.2) is 0 Å². The molecule has 4 nitrogen and oxygen atoms in total. The summed E-state index contributed by atoms with van der Waals surface area (Å²) < 4.78 is 3.52. The van der Waals surface area contributed by atoms with Gasteiger partial charge in [0.2, 0.25) is 0 Å². The second-order valence-corrected chi connectivity index (χ2v) is 6.35. The van der Waals surface area contributed by atoms with E-state index >= 15 is 0 Å². The number of halogens is 1. The van der Waals surface area contributed by atoms with Gasteiger partial charge in [-0.3, -0.25) is 0 Å². The van der Waals surface area contributed by atoms with Crippen LogP contribution in [0, 0.1) is 3.57 Å². The Bertz CT molecular complexity index is 734. The SMILES string of the molecule is CCCCc1nc2cnncc2n1Cc1ccc(I)cc1. The van der Waals surface area contributed by atoms with Crippen molar-refractivity contribution >= 4 is 33.6 Å². The average Bonchev–Trinajstić information content (AvgIpc) is 2.85. The van der Waals surface area contributed by atoms with Crippen LogP contribution in [-0.4, -0.2) is 19.7 Å². The van der Waals surface area contributed by atoms with E-state index in [-0.39, 0.29) is 0 Å². The molecule has 2 heterocycles. The van der Waals surface area contributed by atoms with Crippen molar-refractivity contribution in [1.29, 1.82) is 0 Å². The van der Waals surface area contributed by atoms with Gasteiger partial charge in [-0.2, -0.15) is 10.2 Å². The van der Waals surface area contributed by atoms with Crippen LogP contribution in [0.15, 0.2) is 36.7 Å². The van der Waals surface area contributed by atoms with Crippen molar-refractivity contribution in [2.75, 3.05) is 0 Å². The minimum absolute atomic E-state index is 0.832. The van der Waals surface area contributed by atoms with Crippen molar-refractivity contribution in [1.82, 2.24) is 19.7 Å². The lowest BCUT2D eigenvalue weighted by atomic mass is 10.2. The Morgan fingerprint density at radius 1 is 1.10 bits per heavy atom. The van der Waals surface area contributed by atoms with Gasteiger partial charge in [-0.25, -0.2) is 4.98 Å². The predicted molar refractivity (Wildman–Crippen MR) is 92.2 cm³/mol. The summed E-state index contributed by atoms with van der Waals surface area (Å²) in [6, 6.07) is 8.62. The van der Waals surface area contributed by atoms with Gasteiger partial charge < -0.3 is 4.57 Å². The third kappa shape index (κ3) is 3.23. The van der Waals surface area contributed by atoms with Crippen molar-refractivity contribution in [3.05, 3.63) is 51.6 Å². The zero-order chi connectivity index (χ0) is 14.7. The number of unbranched alkanes of at least 4 members (excludes halogenated alkanes) is 1. The summed E-state index contributed by atoms with van der Waals surface area (Å²) in [5, 5.41) is 7.95. The zero-order valence-electron chi connectivity index (χ0n) is 12.0. The molecule has 2 aromatic heterocycles. The first-order chi connectivity index (χ1) is 10.3. The molecule has 0 aliphatic carbocycles. The quantitative estimate of drug-likeness (QED) is 0.620. The van der Waals surface area contributed by atoms with Crippen LogP contribution in [0.5, 0.6) is 0 Å². The fourth-order valence-corrected chi connectivity index (χ4v) is 2.78. The topological polar surface area (TPSA) is 43.6 Å². The van der Waals surface area contributed by atoms with Gasteiger partial charge in [0, 0.05) is 16.5 Å². The van der Waals surface area contributed by atoms with E-state index in [1.54, 1.807) is 6.20 Å². The molecule has 0 amide bonds. The zero-order valence-corrected chi connectivity index (χ0v) is 14.1. The second-order valence-electron chi connectivity index (χ2n) is 5.10. The van der Waals surface area contributed by atoms with Crippen LogP contribution in [0.1, 0.15) is 31.2 Å². The fraction of sp³-hybridized carbons (Fsp3) is 0.312. The van der Waals surface area contributed by atoms with Gasteiger partial charge in [-0.05, 0) is 46.7 Å². The predicted octanol–water partition coefficient (Wildman–Crippen LogP) is 3.82. The van der Waals surface area contributed by atoms with Crippen LogP contribution in [0.4, 0.5) is 0 Å². The summed E-state index contributed by atoms with van der Waals surface area (Å²) in [6.07, 6.45) is 6.87. The first kappa shape index (κ1) is 14.4. The summed E-state index contributed by atoms with van der Waals surface area (Å²) in [5.41, 5.74) is 3.28. The fourth-order valence-electron chi connectivity index (χ4n) is 2.42. The molecule has 1 aromatic carbocycles. The number of hydrogen-bond donors (Lipinski definition) is 0. The van der Waals surface area contributed by atoms with Crippen molar-refractivity contribution in [2.24, 2.45) is 0 Å². The van der Waals surface area contributed by atoms with Crippen molar-refractivity contribution in [3.63, 3.8) is 0 Å². The number of imidazole rings is 1. The van der Waals surface area contributed by atoms with E-state index in [1.165, 1.54) is 15.6 Å². The molecule has 3 rings (SSSR count). The summed E-state index contributed by atoms with van der Waals surface area (Å²) >= 11 is 2.33. The molecular formula is C16H17IN4. The molecule has 0 saturated heterocycles. The Balaban J connectivity index is 1.99. The first-order valence-corrected chi connectivity index (χ1v) is 8.26. The Morgan fingerprint density at radius 2 is 1.86 bits per heavy atom. The highest BCUT2D eigenvalue weighted by molar-refractivity contribution is 14.1. The Hall–Kier alpha value is -1.50. The maximum Gasteiger partial charge on any atom is 0.111 e. The number of hydrogen-bond acceptors (Lipinski definition) is 3. The van der Waals surface area contributed by atoms with E-state index in [2.05, 4.69) is 68.5 Å². The molecule has 0 aliphatic heterocycles. The molecule has 0 aliphatic rings. The summed E-state index contributed by atoms with van der Waals surface area (Å²) in [5.74, 6) is 1.13. The van der Waals surface area contributed by atoms with Crippen molar-refractivity contribution in [3.8, 4) is 0 Å². The minimum atomic E-state index is 0.832. The Labute approximate surface area is 137 Å². The monoisotopic (exact) mass is 392 g/mol. The molecule has 0 bridgehead atoms. The van der Waals surface area contributed by atoms with Crippen LogP contribution in [0.3, 0.4) is 0 Å². The van der Waals surface area contributed by atoms with Gasteiger partial charge in [-0.1, -0.05) is 25.5 Å². The Kier molecular flexibility index (Phi) is 4.48. The highest BCUT2D eigenvalue weighted by Gasteiger charge is 2.11. The third-order valence-electron chi connectivity index (χ3n) is 3.55. The molecular weight excluding hydrogens is 375 g/mol. The first-order valence-electron chi connectivity index (χ1n) is 7.18. The lowest BCUT2D eigenvalue weighted by Crippen LogP contribution is -2.05. The van der Waals surface area contributed by atoms with Gasteiger partial charge in [0.05, 0.1) is 17.9 Å². The van der Waals surface area contributed by atoms with Gasteiger partial charge >= 0.3 is 0 Å². The highest BCUT2D eigenvalue weighted by atomic mass is 127. The lowest BCUT2D eigenvalue weighted by Gasteiger charge is -2.09. The molecule has 21 heavy (non-hydrogen) atoms. The second kappa shape index (κ2) is 6.51. The smallest absolute Gasteiger partial charge is 0.111 e. The van der Waals surface area contributed by atoms with Crippen LogP contribution < -0.4 is 0 Å². The average molecular weight is 392 g/mol. The van der Waals surface area contributed by atoms with Crippen LogP contribution >= 0.6 is 22.6 Å². The van der Waals surface area contributed by atoms with Crippen molar-refractivity contribution < 1.29 is 0 Å². The summed E-state index contributed by atoms with van der Waals surface area (Å²) in [7, 11) is 0. The summed E-state index contributed by atoms with van der Waals surface area (Å²) in [6.45, 7) is 3.04.